The number of nitrogens with two attached hydrogens (primary N) is 1. The van der Waals surface area contributed by atoms with Crippen molar-refractivity contribution in [3.8, 4) is 0 Å². The molecule has 2 aromatic heterocycles. The zero-order valence-electron chi connectivity index (χ0n) is 18.8. The van der Waals surface area contributed by atoms with Crippen molar-refractivity contribution in [3.63, 3.8) is 0 Å². The molecule has 4 aromatic rings. The first-order valence-electron chi connectivity index (χ1n) is 10.7. The number of aromatic nitrogens is 1. The van der Waals surface area contributed by atoms with Crippen LogP contribution in [0.15, 0.2) is 59.0 Å². The fraction of sp³-hybridized carbons (Fsp3) is 0.200. The van der Waals surface area contributed by atoms with Gasteiger partial charge in [0.1, 0.15) is 18.3 Å². The van der Waals surface area contributed by atoms with E-state index in [-0.39, 0.29) is 0 Å². The molecule has 0 atom stereocenters. The van der Waals surface area contributed by atoms with Crippen LogP contribution in [0.4, 0.5) is 22.9 Å². The Morgan fingerprint density at radius 3 is 2.82 bits per heavy atom. The van der Waals surface area contributed by atoms with Crippen LogP contribution in [-0.2, 0) is 6.54 Å². The molecule has 6 nitrogen and oxygen atoms in total. The first-order valence-corrected chi connectivity index (χ1v) is 11.9. The van der Waals surface area contributed by atoms with Gasteiger partial charge in [-0.15, -0.1) is 11.3 Å². The van der Waals surface area contributed by atoms with Gasteiger partial charge in [0.05, 0.1) is 16.3 Å². The molecule has 0 spiro atoms. The normalized spacial score (nSPS) is 13.4. The molecule has 3 heterocycles. The summed E-state index contributed by atoms with van der Waals surface area (Å²) in [5, 5.41) is 8.48. The summed E-state index contributed by atoms with van der Waals surface area (Å²) in [4.78, 5) is 14.6. The van der Waals surface area contributed by atoms with E-state index in [0.29, 0.717) is 12.5 Å². The van der Waals surface area contributed by atoms with Gasteiger partial charge in [-0.05, 0) is 67.9 Å². The second kappa shape index (κ2) is 8.67. The Balaban J connectivity index is 1.58. The fourth-order valence-corrected chi connectivity index (χ4v) is 5.24. The van der Waals surface area contributed by atoms with E-state index >= 15 is 0 Å². The van der Waals surface area contributed by atoms with Crippen LogP contribution in [0.1, 0.15) is 16.0 Å². The summed E-state index contributed by atoms with van der Waals surface area (Å²) in [7, 11) is 4.06. The van der Waals surface area contributed by atoms with E-state index in [4.69, 9.17) is 17.3 Å². The molecule has 5 rings (SSSR count). The van der Waals surface area contributed by atoms with Crippen LogP contribution in [0.3, 0.4) is 0 Å². The maximum atomic E-state index is 6.41. The molecule has 0 bridgehead atoms. The number of pyridine rings is 1. The molecule has 33 heavy (non-hydrogen) atoms. The van der Waals surface area contributed by atoms with Crippen molar-refractivity contribution in [2.45, 2.75) is 13.5 Å². The number of aliphatic imine (C=N–C) groups is 1. The molecule has 2 aromatic carbocycles. The minimum atomic E-state index is 0.492. The quantitative estimate of drug-likeness (QED) is 0.376. The van der Waals surface area contributed by atoms with Crippen molar-refractivity contribution in [3.05, 3.63) is 75.1 Å². The molecule has 1 aliphatic heterocycles. The van der Waals surface area contributed by atoms with Gasteiger partial charge in [0.2, 0.25) is 0 Å². The second-order valence-corrected chi connectivity index (χ2v) is 9.73. The number of nitrogens with one attached hydrogen (secondary N) is 1. The van der Waals surface area contributed by atoms with Crippen molar-refractivity contribution in [2.24, 2.45) is 10.7 Å². The molecular weight excluding hydrogens is 452 g/mol. The number of anilines is 4. The molecular formula is C25H25ClN6S. The molecule has 0 aliphatic carbocycles. The van der Waals surface area contributed by atoms with Gasteiger partial charge in [-0.25, -0.2) is 9.98 Å². The van der Waals surface area contributed by atoms with E-state index in [1.807, 2.05) is 32.4 Å². The summed E-state index contributed by atoms with van der Waals surface area (Å²) in [6.45, 7) is 3.39. The number of aryl methyl sites for hydroxylation is 1. The van der Waals surface area contributed by atoms with Crippen molar-refractivity contribution >= 4 is 62.4 Å². The van der Waals surface area contributed by atoms with Crippen molar-refractivity contribution < 1.29 is 0 Å². The van der Waals surface area contributed by atoms with E-state index in [9.17, 15) is 0 Å². The van der Waals surface area contributed by atoms with Crippen LogP contribution < -0.4 is 16.0 Å². The Hall–Kier alpha value is -3.13. The van der Waals surface area contributed by atoms with E-state index < -0.39 is 0 Å². The Labute approximate surface area is 202 Å². The van der Waals surface area contributed by atoms with E-state index in [0.717, 1.165) is 55.7 Å². The predicted octanol–water partition coefficient (Wildman–Crippen LogP) is 5.88. The average Bonchev–Trinajstić information content (AvgIpc) is 3.28. The van der Waals surface area contributed by atoms with Gasteiger partial charge >= 0.3 is 0 Å². The Morgan fingerprint density at radius 2 is 2.00 bits per heavy atom. The van der Waals surface area contributed by atoms with Gasteiger partial charge in [0.25, 0.3) is 0 Å². The molecule has 8 heteroatoms. The van der Waals surface area contributed by atoms with Crippen LogP contribution in [-0.4, -0.2) is 36.5 Å². The van der Waals surface area contributed by atoms with Gasteiger partial charge in [-0.3, -0.25) is 0 Å². The number of nitrogens with zero attached hydrogens (tertiary/aromatic N) is 4. The largest absolute Gasteiger partial charge is 0.383 e. The van der Waals surface area contributed by atoms with Gasteiger partial charge in [-0.1, -0.05) is 23.7 Å². The van der Waals surface area contributed by atoms with E-state index in [1.165, 1.54) is 5.56 Å². The predicted molar refractivity (Wildman–Crippen MR) is 141 cm³/mol. The van der Waals surface area contributed by atoms with Crippen molar-refractivity contribution in [2.75, 3.05) is 31.0 Å². The number of rotatable bonds is 5. The number of hydrogen-bond acceptors (Lipinski definition) is 7. The molecule has 3 N–H and O–H groups in total. The number of amidine groups is 1. The number of benzene rings is 2. The zero-order chi connectivity index (χ0) is 23.1. The molecule has 0 radical (unpaired) electrons. The lowest BCUT2D eigenvalue weighted by Crippen LogP contribution is -2.28. The number of halogens is 1. The van der Waals surface area contributed by atoms with Gasteiger partial charge in [0, 0.05) is 34.2 Å². The lowest BCUT2D eigenvalue weighted by molar-refractivity contribution is 0.402. The third-order valence-corrected chi connectivity index (χ3v) is 7.03. The van der Waals surface area contributed by atoms with Gasteiger partial charge < -0.3 is 20.9 Å². The second-order valence-electron chi connectivity index (χ2n) is 8.40. The zero-order valence-corrected chi connectivity index (χ0v) is 20.3. The van der Waals surface area contributed by atoms with Crippen LogP contribution in [0.2, 0.25) is 5.02 Å². The topological polar surface area (TPSA) is 69.8 Å². The molecule has 0 saturated carbocycles. The maximum absolute atomic E-state index is 6.41. The lowest BCUT2D eigenvalue weighted by atomic mass is 10.0. The minimum absolute atomic E-state index is 0.492. The monoisotopic (exact) mass is 476 g/mol. The van der Waals surface area contributed by atoms with Gasteiger partial charge in [-0.2, -0.15) is 0 Å². The van der Waals surface area contributed by atoms with Crippen LogP contribution in [0.5, 0.6) is 0 Å². The maximum Gasteiger partial charge on any atom is 0.139 e. The highest BCUT2D eigenvalue weighted by Crippen LogP contribution is 2.41. The fourth-order valence-electron chi connectivity index (χ4n) is 4.25. The SMILES string of the molecule is Cc1ccc2c(Nc3ccc(Cl)c(CN(C)C)c3)nccc2c1N1CN=C(N)c2sccc21. The summed E-state index contributed by atoms with van der Waals surface area (Å²) in [5.74, 6) is 1.41. The molecule has 168 valence electrons. The van der Waals surface area contributed by atoms with E-state index in [2.05, 4.69) is 67.7 Å². The highest BCUT2D eigenvalue weighted by molar-refractivity contribution is 7.12. The Morgan fingerprint density at radius 1 is 1.15 bits per heavy atom. The summed E-state index contributed by atoms with van der Waals surface area (Å²) in [6, 6.07) is 14.4. The summed E-state index contributed by atoms with van der Waals surface area (Å²) in [5.41, 5.74) is 11.6. The lowest BCUT2D eigenvalue weighted by Gasteiger charge is -2.29. The highest BCUT2D eigenvalue weighted by Gasteiger charge is 2.24. The minimum Gasteiger partial charge on any atom is -0.383 e. The average molecular weight is 477 g/mol. The Bertz CT molecular complexity index is 1380. The smallest absolute Gasteiger partial charge is 0.139 e. The van der Waals surface area contributed by atoms with Crippen LogP contribution in [0.25, 0.3) is 10.8 Å². The third-order valence-electron chi connectivity index (χ3n) is 5.73. The third kappa shape index (κ3) is 4.04. The first kappa shape index (κ1) is 21.7. The Kier molecular flexibility index (Phi) is 5.70. The molecule has 0 amide bonds. The molecule has 0 unspecified atom stereocenters. The first-order chi connectivity index (χ1) is 15.9. The highest BCUT2D eigenvalue weighted by atomic mass is 35.5. The van der Waals surface area contributed by atoms with Gasteiger partial charge in [0.15, 0.2) is 0 Å². The number of fused-ring (bicyclic) bond motifs is 2. The number of thiophene rings is 1. The number of hydrogen-bond donors (Lipinski definition) is 2. The van der Waals surface area contributed by atoms with Crippen LogP contribution >= 0.6 is 22.9 Å². The summed E-state index contributed by atoms with van der Waals surface area (Å²) < 4.78 is 0. The summed E-state index contributed by atoms with van der Waals surface area (Å²) in [6.07, 6.45) is 1.85. The van der Waals surface area contributed by atoms with E-state index in [1.54, 1.807) is 11.3 Å². The standard InChI is InChI=1S/C25H25ClN6S/c1-15-4-6-19-18(22(15)32-14-29-24(27)23-21(32)9-11-33-23)8-10-28-25(19)30-17-5-7-20(26)16(12-17)13-31(2)3/h4-12H,13-14H2,1-3H3,(H2,27,29)(H,28,30). The molecule has 0 fully saturated rings. The van der Waals surface area contributed by atoms with Crippen molar-refractivity contribution in [1.82, 2.24) is 9.88 Å². The van der Waals surface area contributed by atoms with Crippen molar-refractivity contribution in [1.29, 1.82) is 0 Å². The van der Waals surface area contributed by atoms with Crippen LogP contribution in [0, 0.1) is 6.92 Å². The molecule has 1 aliphatic rings. The summed E-state index contributed by atoms with van der Waals surface area (Å²) >= 11 is 8.03. The molecule has 0 saturated heterocycles.